The first kappa shape index (κ1) is 9.31. The smallest absolute Gasteiger partial charge is 0.149 e. The Labute approximate surface area is 84.9 Å². The topological polar surface area (TPSA) is 37.0 Å². The maximum Gasteiger partial charge on any atom is 0.149 e. The second-order valence-corrected chi connectivity index (χ2v) is 3.76. The van der Waals surface area contributed by atoms with Crippen molar-refractivity contribution in [2.24, 2.45) is 0 Å². The molecule has 0 saturated heterocycles. The summed E-state index contributed by atoms with van der Waals surface area (Å²) in [6.07, 6.45) is 5.59. The fraction of sp³-hybridized carbons (Fsp3) is 0.545. The average molecular weight is 191 g/mol. The van der Waals surface area contributed by atoms with Gasteiger partial charge in [0, 0.05) is 18.8 Å². The Morgan fingerprint density at radius 2 is 2.50 bits per heavy atom. The molecular formula is C11H17N3. The van der Waals surface area contributed by atoms with Crippen molar-refractivity contribution in [2.75, 3.05) is 17.2 Å². The normalized spacial score (nSPS) is 19.4. The van der Waals surface area contributed by atoms with Crippen LogP contribution in [-0.2, 0) is 0 Å². The number of aromatic nitrogens is 1. The molecule has 1 aliphatic rings. The molecule has 1 aliphatic heterocycles. The highest BCUT2D eigenvalue weighted by molar-refractivity contribution is 5.66. The SMILES string of the molecule is CCCCC1CNc2cccnc2N1. The third-order valence-electron chi connectivity index (χ3n) is 2.59. The van der Waals surface area contributed by atoms with E-state index < -0.39 is 0 Å². The second kappa shape index (κ2) is 4.31. The van der Waals surface area contributed by atoms with Crippen LogP contribution in [0, 0.1) is 0 Å². The van der Waals surface area contributed by atoms with Crippen LogP contribution >= 0.6 is 0 Å². The van der Waals surface area contributed by atoms with Gasteiger partial charge >= 0.3 is 0 Å². The fourth-order valence-corrected chi connectivity index (χ4v) is 1.77. The van der Waals surface area contributed by atoms with E-state index in [-0.39, 0.29) is 0 Å². The van der Waals surface area contributed by atoms with Gasteiger partial charge in [-0.2, -0.15) is 0 Å². The molecule has 0 spiro atoms. The molecule has 2 rings (SSSR count). The summed E-state index contributed by atoms with van der Waals surface area (Å²) < 4.78 is 0. The molecule has 1 atom stereocenters. The second-order valence-electron chi connectivity index (χ2n) is 3.76. The predicted octanol–water partition coefficient (Wildman–Crippen LogP) is 2.48. The molecule has 76 valence electrons. The zero-order valence-electron chi connectivity index (χ0n) is 8.59. The zero-order valence-corrected chi connectivity index (χ0v) is 8.59. The van der Waals surface area contributed by atoms with Gasteiger partial charge in [0.05, 0.1) is 5.69 Å². The van der Waals surface area contributed by atoms with Crippen LogP contribution in [0.5, 0.6) is 0 Å². The summed E-state index contributed by atoms with van der Waals surface area (Å²) in [4.78, 5) is 4.30. The van der Waals surface area contributed by atoms with Gasteiger partial charge < -0.3 is 10.6 Å². The maximum absolute atomic E-state index is 4.30. The molecule has 0 radical (unpaired) electrons. The maximum atomic E-state index is 4.30. The zero-order chi connectivity index (χ0) is 9.80. The van der Waals surface area contributed by atoms with Crippen molar-refractivity contribution in [1.29, 1.82) is 0 Å². The van der Waals surface area contributed by atoms with Crippen LogP contribution in [0.15, 0.2) is 18.3 Å². The summed E-state index contributed by atoms with van der Waals surface area (Å²) in [5, 5.41) is 6.85. The van der Waals surface area contributed by atoms with E-state index in [1.807, 2.05) is 12.3 Å². The van der Waals surface area contributed by atoms with E-state index in [1.165, 1.54) is 19.3 Å². The molecule has 0 bridgehead atoms. The number of hydrogen-bond acceptors (Lipinski definition) is 3. The first-order chi connectivity index (χ1) is 6.90. The summed E-state index contributed by atoms with van der Waals surface area (Å²) in [6.45, 7) is 3.24. The van der Waals surface area contributed by atoms with Crippen LogP contribution in [0.3, 0.4) is 0 Å². The molecule has 0 fully saturated rings. The molecule has 0 aliphatic carbocycles. The summed E-state index contributed by atoms with van der Waals surface area (Å²) in [5.74, 6) is 1.000. The fourth-order valence-electron chi connectivity index (χ4n) is 1.77. The Hall–Kier alpha value is -1.25. The number of unbranched alkanes of at least 4 members (excludes halogenated alkanes) is 1. The highest BCUT2D eigenvalue weighted by atomic mass is 15.1. The Kier molecular flexibility index (Phi) is 2.87. The van der Waals surface area contributed by atoms with Gasteiger partial charge in [-0.3, -0.25) is 0 Å². The van der Waals surface area contributed by atoms with Crippen LogP contribution in [0.1, 0.15) is 26.2 Å². The highest BCUT2D eigenvalue weighted by Gasteiger charge is 2.16. The Morgan fingerprint density at radius 3 is 3.36 bits per heavy atom. The van der Waals surface area contributed by atoms with Crippen molar-refractivity contribution in [2.45, 2.75) is 32.2 Å². The van der Waals surface area contributed by atoms with Crippen LogP contribution in [-0.4, -0.2) is 17.6 Å². The van der Waals surface area contributed by atoms with E-state index >= 15 is 0 Å². The van der Waals surface area contributed by atoms with Gasteiger partial charge in [-0.25, -0.2) is 4.98 Å². The molecule has 1 unspecified atom stereocenters. The Morgan fingerprint density at radius 1 is 1.57 bits per heavy atom. The molecular weight excluding hydrogens is 174 g/mol. The Balaban J connectivity index is 1.99. The number of rotatable bonds is 3. The lowest BCUT2D eigenvalue weighted by Gasteiger charge is -2.27. The number of anilines is 2. The van der Waals surface area contributed by atoms with E-state index in [0.717, 1.165) is 18.1 Å². The molecule has 1 aromatic heterocycles. The van der Waals surface area contributed by atoms with E-state index in [0.29, 0.717) is 6.04 Å². The largest absolute Gasteiger partial charge is 0.380 e. The number of nitrogens with one attached hydrogen (secondary N) is 2. The van der Waals surface area contributed by atoms with Crippen LogP contribution in [0.4, 0.5) is 11.5 Å². The Bertz CT molecular complexity index is 298. The van der Waals surface area contributed by atoms with Gasteiger partial charge in [-0.05, 0) is 18.6 Å². The third-order valence-corrected chi connectivity index (χ3v) is 2.59. The van der Waals surface area contributed by atoms with Crippen molar-refractivity contribution in [3.05, 3.63) is 18.3 Å². The minimum Gasteiger partial charge on any atom is -0.380 e. The van der Waals surface area contributed by atoms with Crippen molar-refractivity contribution in [3.8, 4) is 0 Å². The van der Waals surface area contributed by atoms with E-state index in [1.54, 1.807) is 0 Å². The van der Waals surface area contributed by atoms with Crippen LogP contribution in [0.25, 0.3) is 0 Å². The van der Waals surface area contributed by atoms with Gasteiger partial charge in [0.25, 0.3) is 0 Å². The standard InChI is InChI=1S/C11H17N3/c1-2-3-5-9-8-13-10-6-4-7-12-11(10)14-9/h4,6-7,9,13H,2-3,5,8H2,1H3,(H,12,14). The number of fused-ring (bicyclic) bond motifs is 1. The molecule has 0 saturated carbocycles. The van der Waals surface area contributed by atoms with Crippen molar-refractivity contribution in [1.82, 2.24) is 4.98 Å². The minimum absolute atomic E-state index is 0.539. The van der Waals surface area contributed by atoms with Gasteiger partial charge in [-0.15, -0.1) is 0 Å². The predicted molar refractivity (Wildman–Crippen MR) is 59.7 cm³/mol. The molecule has 2 heterocycles. The lowest BCUT2D eigenvalue weighted by Crippen LogP contribution is -2.33. The number of pyridine rings is 1. The average Bonchev–Trinajstić information content (AvgIpc) is 2.26. The van der Waals surface area contributed by atoms with Gasteiger partial charge in [0.15, 0.2) is 0 Å². The first-order valence-electron chi connectivity index (χ1n) is 5.35. The molecule has 3 nitrogen and oxygen atoms in total. The highest BCUT2D eigenvalue weighted by Crippen LogP contribution is 2.23. The van der Waals surface area contributed by atoms with E-state index in [9.17, 15) is 0 Å². The lowest BCUT2D eigenvalue weighted by molar-refractivity contribution is 0.617. The van der Waals surface area contributed by atoms with Gasteiger partial charge in [-0.1, -0.05) is 19.8 Å². The minimum atomic E-state index is 0.539. The summed E-state index contributed by atoms with van der Waals surface area (Å²) in [5.41, 5.74) is 1.13. The monoisotopic (exact) mass is 191 g/mol. The quantitative estimate of drug-likeness (QED) is 0.770. The molecule has 1 aromatic rings. The summed E-state index contributed by atoms with van der Waals surface area (Å²) >= 11 is 0. The van der Waals surface area contributed by atoms with Gasteiger partial charge in [0.1, 0.15) is 5.82 Å². The summed E-state index contributed by atoms with van der Waals surface area (Å²) in [7, 11) is 0. The van der Waals surface area contributed by atoms with Crippen molar-refractivity contribution < 1.29 is 0 Å². The molecule has 2 N–H and O–H groups in total. The van der Waals surface area contributed by atoms with E-state index in [2.05, 4.69) is 28.6 Å². The number of hydrogen-bond donors (Lipinski definition) is 2. The van der Waals surface area contributed by atoms with Crippen molar-refractivity contribution in [3.63, 3.8) is 0 Å². The van der Waals surface area contributed by atoms with Crippen molar-refractivity contribution >= 4 is 11.5 Å². The molecule has 14 heavy (non-hydrogen) atoms. The van der Waals surface area contributed by atoms with Gasteiger partial charge in [0.2, 0.25) is 0 Å². The summed E-state index contributed by atoms with van der Waals surface area (Å²) in [6, 6.07) is 4.56. The number of nitrogens with zero attached hydrogens (tertiary/aromatic N) is 1. The third kappa shape index (κ3) is 1.97. The molecule has 3 heteroatoms. The van der Waals surface area contributed by atoms with Crippen LogP contribution < -0.4 is 10.6 Å². The first-order valence-corrected chi connectivity index (χ1v) is 5.35. The molecule has 0 aromatic carbocycles. The van der Waals surface area contributed by atoms with Crippen LogP contribution in [0.2, 0.25) is 0 Å². The molecule has 0 amide bonds. The van der Waals surface area contributed by atoms with E-state index in [4.69, 9.17) is 0 Å². The lowest BCUT2D eigenvalue weighted by atomic mass is 10.1.